The summed E-state index contributed by atoms with van der Waals surface area (Å²) in [6, 6.07) is 0.856. The number of unbranched alkanes of at least 4 members (excludes halogenated alkanes) is 9. The van der Waals surface area contributed by atoms with Crippen molar-refractivity contribution in [3.8, 4) is 0 Å². The van der Waals surface area contributed by atoms with Crippen molar-refractivity contribution in [3.05, 3.63) is 0 Å². The minimum Gasteiger partial charge on any atom is -0.342 e. The van der Waals surface area contributed by atoms with Crippen molar-refractivity contribution in [2.45, 2.75) is 129 Å². The Bertz CT molecular complexity index is 497. The smallest absolute Gasteiger partial charge is 0.209 e. The van der Waals surface area contributed by atoms with Gasteiger partial charge in [-0.25, -0.2) is 0 Å². The van der Waals surface area contributed by atoms with E-state index >= 15 is 0 Å². The van der Waals surface area contributed by atoms with Crippen LogP contribution in [0.3, 0.4) is 0 Å². The van der Waals surface area contributed by atoms with Gasteiger partial charge in [-0.1, -0.05) is 65.2 Å². The first-order valence-electron chi connectivity index (χ1n) is 15.6. The topological polar surface area (TPSA) is 47.1 Å². The van der Waals surface area contributed by atoms with Crippen LogP contribution >= 0.6 is 0 Å². The van der Waals surface area contributed by atoms with Gasteiger partial charge in [-0.3, -0.25) is 9.59 Å². The Balaban J connectivity index is 1.52. The molecule has 2 heterocycles. The molecule has 0 spiro atoms. The number of hydrogen-bond acceptors (Lipinski definition) is 4. The van der Waals surface area contributed by atoms with E-state index in [0.717, 1.165) is 103 Å². The molecule has 0 aliphatic carbocycles. The van der Waals surface area contributed by atoms with Crippen LogP contribution in [-0.4, -0.2) is 96.9 Å². The van der Waals surface area contributed by atoms with Gasteiger partial charge in [0.25, 0.3) is 0 Å². The monoisotopic (exact) mass is 506 g/mol. The summed E-state index contributed by atoms with van der Waals surface area (Å²) >= 11 is 0. The van der Waals surface area contributed by atoms with Gasteiger partial charge in [-0.15, -0.1) is 0 Å². The van der Waals surface area contributed by atoms with E-state index in [-0.39, 0.29) is 0 Å². The first-order chi connectivity index (χ1) is 17.7. The summed E-state index contributed by atoms with van der Waals surface area (Å²) < 4.78 is 0. The first kappa shape index (κ1) is 31.1. The van der Waals surface area contributed by atoms with Crippen LogP contribution in [0.1, 0.15) is 117 Å². The van der Waals surface area contributed by atoms with Crippen molar-refractivity contribution in [2.75, 3.05) is 52.4 Å². The van der Waals surface area contributed by atoms with Crippen LogP contribution in [0, 0.1) is 0 Å². The van der Waals surface area contributed by atoms with Crippen molar-refractivity contribution >= 4 is 12.8 Å². The molecule has 0 aromatic carbocycles. The average Bonchev–Trinajstić information content (AvgIpc) is 2.92. The van der Waals surface area contributed by atoms with Crippen LogP contribution < -0.4 is 0 Å². The van der Waals surface area contributed by atoms with Gasteiger partial charge < -0.3 is 19.6 Å². The van der Waals surface area contributed by atoms with Gasteiger partial charge in [0.2, 0.25) is 12.8 Å². The van der Waals surface area contributed by atoms with Crippen LogP contribution in [-0.2, 0) is 9.59 Å². The molecule has 0 unspecified atom stereocenters. The fourth-order valence-corrected chi connectivity index (χ4v) is 6.06. The Morgan fingerprint density at radius 2 is 0.917 bits per heavy atom. The molecule has 36 heavy (non-hydrogen) atoms. The summed E-state index contributed by atoms with van der Waals surface area (Å²) in [6.45, 7) is 13.3. The molecule has 0 saturated carbocycles. The number of carbonyl (C=O) groups is 2. The summed E-state index contributed by atoms with van der Waals surface area (Å²) in [6.07, 6.45) is 21.7. The molecule has 6 nitrogen and oxygen atoms in total. The first-order valence-corrected chi connectivity index (χ1v) is 15.6. The summed E-state index contributed by atoms with van der Waals surface area (Å²) in [5, 5.41) is 0. The maximum absolute atomic E-state index is 11.7. The third-order valence-electron chi connectivity index (χ3n) is 8.56. The number of nitrogens with zero attached hydrogens (tertiary/aromatic N) is 4. The van der Waals surface area contributed by atoms with Gasteiger partial charge in [0.05, 0.1) is 0 Å². The fourth-order valence-electron chi connectivity index (χ4n) is 6.06. The van der Waals surface area contributed by atoms with Crippen LogP contribution in [0.15, 0.2) is 0 Å². The Kier molecular flexibility index (Phi) is 17.2. The van der Waals surface area contributed by atoms with Crippen LogP contribution in [0.2, 0.25) is 0 Å². The molecule has 210 valence electrons. The Morgan fingerprint density at radius 3 is 1.25 bits per heavy atom. The second-order valence-corrected chi connectivity index (χ2v) is 11.4. The molecular weight excluding hydrogens is 448 g/mol. The number of carbonyl (C=O) groups excluding carboxylic acids is 2. The Labute approximate surface area is 223 Å². The second-order valence-electron chi connectivity index (χ2n) is 11.4. The van der Waals surface area contributed by atoms with E-state index in [9.17, 15) is 9.59 Å². The summed E-state index contributed by atoms with van der Waals surface area (Å²) in [5.74, 6) is 0. The van der Waals surface area contributed by atoms with E-state index in [1.165, 1.54) is 64.5 Å². The van der Waals surface area contributed by atoms with Crippen molar-refractivity contribution < 1.29 is 9.59 Å². The molecule has 0 radical (unpaired) electrons. The quantitative estimate of drug-likeness (QED) is 0.151. The number of amides is 2. The summed E-state index contributed by atoms with van der Waals surface area (Å²) in [5.41, 5.74) is 0. The maximum Gasteiger partial charge on any atom is 0.209 e. The van der Waals surface area contributed by atoms with E-state index in [4.69, 9.17) is 0 Å². The highest BCUT2D eigenvalue weighted by Gasteiger charge is 2.24. The molecule has 2 aliphatic rings. The zero-order chi connectivity index (χ0) is 25.8. The Morgan fingerprint density at radius 1 is 0.556 bits per heavy atom. The molecule has 0 atom stereocenters. The van der Waals surface area contributed by atoms with Crippen LogP contribution in [0.4, 0.5) is 0 Å². The number of hydrogen-bond donors (Lipinski definition) is 0. The molecule has 0 aromatic rings. The second kappa shape index (κ2) is 19.9. The van der Waals surface area contributed by atoms with Crippen molar-refractivity contribution in [1.29, 1.82) is 0 Å². The van der Waals surface area contributed by atoms with E-state index < -0.39 is 0 Å². The number of rotatable bonds is 21. The van der Waals surface area contributed by atoms with E-state index in [2.05, 4.69) is 33.4 Å². The standard InChI is InChI=1S/C30H58N4O2/c1-3-5-7-11-19-31-23-15-29(16-24-31)33(27-35)21-13-9-10-14-22-34(28-36)30-17-25-32(26-18-30)20-12-8-6-4-2/h27-30H,3-26H2,1-2H3. The normalized spacial score (nSPS) is 18.4. The fraction of sp³-hybridized carbons (Fsp3) is 0.933. The third kappa shape index (κ3) is 12.4. The van der Waals surface area contributed by atoms with Crippen molar-refractivity contribution in [3.63, 3.8) is 0 Å². The molecule has 0 N–H and O–H groups in total. The highest BCUT2D eigenvalue weighted by atomic mass is 16.1. The van der Waals surface area contributed by atoms with Gasteiger partial charge in [0.15, 0.2) is 0 Å². The molecular formula is C30H58N4O2. The highest BCUT2D eigenvalue weighted by molar-refractivity contribution is 5.48. The third-order valence-corrected chi connectivity index (χ3v) is 8.56. The molecule has 6 heteroatoms. The van der Waals surface area contributed by atoms with Crippen molar-refractivity contribution in [1.82, 2.24) is 19.6 Å². The maximum atomic E-state index is 11.7. The molecule has 2 saturated heterocycles. The average molecular weight is 507 g/mol. The molecule has 2 amide bonds. The number of piperidine rings is 2. The summed E-state index contributed by atoms with van der Waals surface area (Å²) in [4.78, 5) is 32.8. The lowest BCUT2D eigenvalue weighted by atomic mass is 10.0. The molecule has 0 bridgehead atoms. The van der Waals surface area contributed by atoms with E-state index in [1.807, 2.05) is 0 Å². The minimum atomic E-state index is 0.428. The van der Waals surface area contributed by atoms with Gasteiger partial charge in [0, 0.05) is 51.4 Å². The van der Waals surface area contributed by atoms with Crippen LogP contribution in [0.25, 0.3) is 0 Å². The van der Waals surface area contributed by atoms with Gasteiger partial charge in [-0.05, 0) is 64.5 Å². The Hall–Kier alpha value is -1.14. The van der Waals surface area contributed by atoms with Gasteiger partial charge >= 0.3 is 0 Å². The van der Waals surface area contributed by atoms with Gasteiger partial charge in [0.1, 0.15) is 0 Å². The molecule has 0 aromatic heterocycles. The SMILES string of the molecule is CCCCCCN1CCC(N(C=O)CCCCCCN(C=O)C2CCN(CCCCCC)CC2)CC1. The molecule has 2 fully saturated rings. The minimum absolute atomic E-state index is 0.428. The zero-order valence-electron chi connectivity index (χ0n) is 23.9. The largest absolute Gasteiger partial charge is 0.342 e. The lowest BCUT2D eigenvalue weighted by molar-refractivity contribution is -0.122. The van der Waals surface area contributed by atoms with Crippen molar-refractivity contribution in [2.24, 2.45) is 0 Å². The molecule has 2 aliphatic heterocycles. The molecule has 2 rings (SSSR count). The van der Waals surface area contributed by atoms with E-state index in [0.29, 0.717) is 12.1 Å². The van der Waals surface area contributed by atoms with Crippen LogP contribution in [0.5, 0.6) is 0 Å². The highest BCUT2D eigenvalue weighted by Crippen LogP contribution is 2.19. The summed E-state index contributed by atoms with van der Waals surface area (Å²) in [7, 11) is 0. The number of likely N-dealkylation sites (tertiary alicyclic amines) is 2. The van der Waals surface area contributed by atoms with Gasteiger partial charge in [-0.2, -0.15) is 0 Å². The predicted octanol–water partition coefficient (Wildman–Crippen LogP) is 5.55. The zero-order valence-corrected chi connectivity index (χ0v) is 23.9. The lowest BCUT2D eigenvalue weighted by Crippen LogP contribution is -2.45. The predicted molar refractivity (Wildman–Crippen MR) is 151 cm³/mol. The van der Waals surface area contributed by atoms with E-state index in [1.54, 1.807) is 0 Å². The lowest BCUT2D eigenvalue weighted by Gasteiger charge is -2.37.